The molecule has 44 heavy (non-hydrogen) atoms. The van der Waals surface area contributed by atoms with E-state index in [2.05, 4.69) is 33.1 Å². The lowest BCUT2D eigenvalue weighted by atomic mass is 9.85. The van der Waals surface area contributed by atoms with Crippen LogP contribution in [0.4, 0.5) is 4.79 Å². The van der Waals surface area contributed by atoms with Gasteiger partial charge in [0.05, 0.1) is 18.1 Å². The van der Waals surface area contributed by atoms with Gasteiger partial charge in [0.1, 0.15) is 23.7 Å². The number of ether oxygens (including phenoxy) is 2. The Balaban J connectivity index is 1.60. The first-order valence-electron chi connectivity index (χ1n) is 14.6. The van der Waals surface area contributed by atoms with Crippen LogP contribution in [0.3, 0.4) is 0 Å². The molecule has 5 atom stereocenters. The van der Waals surface area contributed by atoms with E-state index in [9.17, 15) is 27.6 Å². The molecule has 3 aliphatic rings. The summed E-state index contributed by atoms with van der Waals surface area (Å²) in [5.41, 5.74) is -2.15. The molecule has 1 heterocycles. The van der Waals surface area contributed by atoms with Crippen LogP contribution in [-0.4, -0.2) is 80.7 Å². The van der Waals surface area contributed by atoms with Gasteiger partial charge in [0.25, 0.3) is 10.1 Å². The van der Waals surface area contributed by atoms with Crippen molar-refractivity contribution in [3.63, 3.8) is 0 Å². The van der Waals surface area contributed by atoms with Crippen molar-refractivity contribution in [2.75, 3.05) is 13.7 Å². The van der Waals surface area contributed by atoms with Crippen LogP contribution in [0.15, 0.2) is 46.3 Å². The summed E-state index contributed by atoms with van der Waals surface area (Å²) in [4.78, 5) is 54.5. The minimum absolute atomic E-state index is 0.0909. The Morgan fingerprint density at radius 3 is 2.30 bits per heavy atom. The third-order valence-electron chi connectivity index (χ3n) is 8.36. The Morgan fingerprint density at radius 2 is 1.75 bits per heavy atom. The van der Waals surface area contributed by atoms with Crippen LogP contribution in [0.2, 0.25) is 0 Å². The van der Waals surface area contributed by atoms with Crippen LogP contribution in [0.1, 0.15) is 59.3 Å². The highest BCUT2D eigenvalue weighted by Gasteiger charge is 2.62. The first-order chi connectivity index (χ1) is 20.6. The van der Waals surface area contributed by atoms with Crippen molar-refractivity contribution < 1.29 is 41.3 Å². The first-order valence-corrected chi connectivity index (χ1v) is 16.8. The van der Waals surface area contributed by atoms with Crippen LogP contribution in [-0.2, 0) is 38.2 Å². The number of likely N-dealkylation sites (tertiary alicyclic amines) is 1. The number of hydrogen-bond donors (Lipinski definition) is 2. The lowest BCUT2D eigenvalue weighted by Gasteiger charge is -2.35. The molecule has 5 unspecified atom stereocenters. The van der Waals surface area contributed by atoms with Crippen molar-refractivity contribution in [3.05, 3.63) is 41.4 Å². The van der Waals surface area contributed by atoms with E-state index in [0.29, 0.717) is 4.47 Å². The van der Waals surface area contributed by atoms with Crippen molar-refractivity contribution in [1.82, 2.24) is 15.5 Å². The fourth-order valence-electron chi connectivity index (χ4n) is 5.81. The Kier molecular flexibility index (Phi) is 10.2. The second-order valence-corrected chi connectivity index (χ2v) is 15.1. The van der Waals surface area contributed by atoms with E-state index in [-0.39, 0.29) is 36.3 Å². The van der Waals surface area contributed by atoms with Crippen molar-refractivity contribution in [2.45, 2.75) is 94.0 Å². The highest BCUT2D eigenvalue weighted by atomic mass is 79.9. The van der Waals surface area contributed by atoms with Gasteiger partial charge >= 0.3 is 12.1 Å². The smallest absolute Gasteiger partial charge is 0.408 e. The largest absolute Gasteiger partial charge is 0.467 e. The maximum atomic E-state index is 14.1. The molecule has 0 aromatic heterocycles. The Morgan fingerprint density at radius 1 is 1.11 bits per heavy atom. The topological polar surface area (TPSA) is 157 Å². The molecule has 0 radical (unpaired) electrons. The van der Waals surface area contributed by atoms with Gasteiger partial charge in [-0.1, -0.05) is 42.8 Å². The second-order valence-electron chi connectivity index (χ2n) is 12.6. The zero-order valence-corrected chi connectivity index (χ0v) is 27.7. The van der Waals surface area contributed by atoms with E-state index < -0.39 is 63.1 Å². The van der Waals surface area contributed by atoms with E-state index in [1.54, 1.807) is 39.0 Å². The SMILES string of the molecule is C=CC1CC1(NC(=O)C1CC(OS(=O)(=O)c2ccc(Br)cc2)CN1C(=O)C(NC(=O)OC1CCCC1)C(C)(C)C)C(=O)OC. The molecule has 2 N–H and O–H groups in total. The van der Waals surface area contributed by atoms with E-state index in [1.165, 1.54) is 24.1 Å². The first kappa shape index (κ1) is 33.9. The molecule has 1 aliphatic heterocycles. The third kappa shape index (κ3) is 7.45. The van der Waals surface area contributed by atoms with E-state index in [1.807, 2.05) is 0 Å². The van der Waals surface area contributed by atoms with E-state index >= 15 is 0 Å². The molecule has 3 amide bonds. The molecule has 2 aliphatic carbocycles. The zero-order chi connectivity index (χ0) is 32.4. The van der Waals surface area contributed by atoms with Gasteiger partial charge < -0.3 is 25.0 Å². The second kappa shape index (κ2) is 13.2. The Hall–Kier alpha value is -2.97. The number of nitrogens with one attached hydrogen (secondary N) is 2. The summed E-state index contributed by atoms with van der Waals surface area (Å²) in [5.74, 6) is -2.32. The number of methoxy groups -OCH3 is 1. The number of amides is 3. The van der Waals surface area contributed by atoms with Gasteiger partial charge in [-0.2, -0.15) is 8.42 Å². The summed E-state index contributed by atoms with van der Waals surface area (Å²) in [7, 11) is -3.05. The van der Waals surface area contributed by atoms with Crippen molar-refractivity contribution in [1.29, 1.82) is 0 Å². The van der Waals surface area contributed by atoms with Crippen molar-refractivity contribution >= 4 is 49.9 Å². The Labute approximate surface area is 266 Å². The minimum atomic E-state index is -4.26. The summed E-state index contributed by atoms with van der Waals surface area (Å²) in [6.45, 7) is 8.74. The molecule has 14 heteroatoms. The number of esters is 1. The maximum Gasteiger partial charge on any atom is 0.408 e. The number of nitrogens with zero attached hydrogens (tertiary/aromatic N) is 1. The molecule has 1 saturated heterocycles. The number of alkyl carbamates (subject to hydrolysis) is 1. The number of hydrogen-bond acceptors (Lipinski definition) is 9. The summed E-state index contributed by atoms with van der Waals surface area (Å²) < 4.78 is 42.9. The maximum absolute atomic E-state index is 14.1. The summed E-state index contributed by atoms with van der Waals surface area (Å²) >= 11 is 3.27. The third-order valence-corrected chi connectivity index (χ3v) is 10.3. The molecule has 1 aromatic carbocycles. The molecule has 3 fully saturated rings. The zero-order valence-electron chi connectivity index (χ0n) is 25.3. The van der Waals surface area contributed by atoms with Crippen molar-refractivity contribution in [2.24, 2.45) is 11.3 Å². The fraction of sp³-hybridized carbons (Fsp3) is 0.600. The normalized spacial score (nSPS) is 26.0. The highest BCUT2D eigenvalue weighted by Crippen LogP contribution is 2.45. The lowest BCUT2D eigenvalue weighted by molar-refractivity contribution is -0.148. The highest BCUT2D eigenvalue weighted by molar-refractivity contribution is 9.10. The molecule has 0 bridgehead atoms. The van der Waals surface area contributed by atoms with Gasteiger partial charge in [-0.25, -0.2) is 9.59 Å². The number of rotatable bonds is 10. The monoisotopic (exact) mass is 697 g/mol. The molecule has 12 nitrogen and oxygen atoms in total. The number of benzene rings is 1. The van der Waals surface area contributed by atoms with Gasteiger partial charge in [-0.3, -0.25) is 13.8 Å². The quantitative estimate of drug-likeness (QED) is 0.212. The number of carbonyl (C=O) groups excluding carboxylic acids is 4. The van der Waals surface area contributed by atoms with E-state index in [4.69, 9.17) is 13.7 Å². The van der Waals surface area contributed by atoms with Crippen LogP contribution in [0, 0.1) is 11.3 Å². The van der Waals surface area contributed by atoms with Crippen LogP contribution < -0.4 is 10.6 Å². The van der Waals surface area contributed by atoms with E-state index in [0.717, 1.165) is 25.7 Å². The molecule has 2 saturated carbocycles. The minimum Gasteiger partial charge on any atom is -0.467 e. The number of halogens is 1. The van der Waals surface area contributed by atoms with Gasteiger partial charge in [-0.05, 0) is 61.8 Å². The van der Waals surface area contributed by atoms with Crippen molar-refractivity contribution in [3.8, 4) is 0 Å². The predicted molar refractivity (Wildman–Crippen MR) is 163 cm³/mol. The molecular formula is C30H40BrN3O9S. The average molecular weight is 699 g/mol. The number of carbonyl (C=O) groups is 4. The average Bonchev–Trinajstić information content (AvgIpc) is 3.24. The van der Waals surface area contributed by atoms with Gasteiger partial charge in [0, 0.05) is 23.4 Å². The van der Waals surface area contributed by atoms with Gasteiger partial charge in [0.2, 0.25) is 11.8 Å². The van der Waals surface area contributed by atoms with Gasteiger partial charge in [0.15, 0.2) is 0 Å². The molecule has 4 rings (SSSR count). The van der Waals surface area contributed by atoms with Crippen LogP contribution >= 0.6 is 15.9 Å². The summed E-state index contributed by atoms with van der Waals surface area (Å²) in [5, 5.41) is 5.42. The van der Waals surface area contributed by atoms with Crippen LogP contribution in [0.5, 0.6) is 0 Å². The fourth-order valence-corrected chi connectivity index (χ4v) is 7.15. The molecular weight excluding hydrogens is 658 g/mol. The molecule has 1 aromatic rings. The Bertz CT molecular complexity index is 1390. The lowest BCUT2D eigenvalue weighted by Crippen LogP contribution is -2.59. The molecule has 242 valence electrons. The van der Waals surface area contributed by atoms with Crippen LogP contribution in [0.25, 0.3) is 0 Å². The molecule has 0 spiro atoms. The summed E-state index contributed by atoms with van der Waals surface area (Å²) in [6, 6.07) is 3.53. The summed E-state index contributed by atoms with van der Waals surface area (Å²) in [6.07, 6.45) is 2.97. The predicted octanol–water partition coefficient (Wildman–Crippen LogP) is 3.44. The van der Waals surface area contributed by atoms with Gasteiger partial charge in [-0.15, -0.1) is 6.58 Å². The standard InChI is InChI=1S/C30H40BrN3O9S/c1-6-18-16-30(18,27(37)41-5)33-25(35)23-15-21(43-44(39,40)22-13-11-19(31)12-14-22)17-34(23)26(36)24(29(2,3)4)32-28(38)42-20-9-7-8-10-20/h6,11-14,18,20-21,23-24H,1,7-10,15-17H2,2-5H3,(H,32,38)(H,33,35).